The van der Waals surface area contributed by atoms with Crippen LogP contribution in [0.2, 0.25) is 58.9 Å². The summed E-state index contributed by atoms with van der Waals surface area (Å²) >= 11 is 0. The van der Waals surface area contributed by atoms with Crippen molar-refractivity contribution in [2.24, 2.45) is 0 Å². The van der Waals surface area contributed by atoms with Crippen molar-refractivity contribution in [3.8, 4) is 0 Å². The third-order valence-electron chi connectivity index (χ3n) is 4.10. The van der Waals surface area contributed by atoms with Crippen molar-refractivity contribution in [3.05, 3.63) is 35.9 Å². The topological polar surface area (TPSA) is 55.8 Å². The van der Waals surface area contributed by atoms with E-state index in [2.05, 4.69) is 56.0 Å². The Kier molecular flexibility index (Phi) is 8.65. The Labute approximate surface area is 180 Å². The summed E-state index contributed by atoms with van der Waals surface area (Å²) in [5, 5.41) is 0. The summed E-state index contributed by atoms with van der Waals surface area (Å²) < 4.78 is 13.3. The first-order valence-electron chi connectivity index (χ1n) is 10.3. The quantitative estimate of drug-likeness (QED) is 0.427. The summed E-state index contributed by atoms with van der Waals surface area (Å²) in [5.41, 5.74) is 1.19. The number of β-lactam (4-membered cyclic amide) rings is 1. The van der Waals surface area contributed by atoms with Crippen LogP contribution in [0.4, 0.5) is 0 Å². The molecule has 0 saturated carbocycles. The first-order valence-corrected chi connectivity index (χ1v) is 20.6. The molecule has 8 heteroatoms. The van der Waals surface area contributed by atoms with E-state index in [1.165, 1.54) is 5.56 Å². The monoisotopic (exact) mass is 453 g/mol. The van der Waals surface area contributed by atoms with Crippen molar-refractivity contribution >= 4 is 36.7 Å². The summed E-state index contributed by atoms with van der Waals surface area (Å²) in [6, 6.07) is 10.4. The van der Waals surface area contributed by atoms with Crippen LogP contribution in [0.25, 0.3) is 0 Å². The van der Waals surface area contributed by atoms with E-state index in [4.69, 9.17) is 8.85 Å². The highest BCUT2D eigenvalue weighted by Gasteiger charge is 2.54. The van der Waals surface area contributed by atoms with Crippen LogP contribution in [0.15, 0.2) is 30.3 Å². The number of nitrogens with zero attached hydrogens (tertiary/aromatic N) is 1. The number of hydrogen-bond donors (Lipinski definition) is 0. The van der Waals surface area contributed by atoms with E-state index < -0.39 is 24.9 Å². The fraction of sp³-hybridized carbons (Fsp3) is 0.619. The van der Waals surface area contributed by atoms with Crippen molar-refractivity contribution in [1.29, 1.82) is 0 Å². The fourth-order valence-electron chi connectivity index (χ4n) is 3.09. The van der Waals surface area contributed by atoms with Gasteiger partial charge in [0.05, 0.1) is 6.04 Å². The predicted octanol–water partition coefficient (Wildman–Crippen LogP) is 5.40. The van der Waals surface area contributed by atoms with E-state index in [0.717, 1.165) is 0 Å². The van der Waals surface area contributed by atoms with Gasteiger partial charge in [0.2, 0.25) is 14.2 Å². The predicted molar refractivity (Wildman–Crippen MR) is 127 cm³/mol. The lowest BCUT2D eigenvalue weighted by molar-refractivity contribution is -0.155. The lowest BCUT2D eigenvalue weighted by Crippen LogP contribution is -2.69. The molecule has 1 aliphatic heterocycles. The third-order valence-corrected chi connectivity index (χ3v) is 7.84. The van der Waals surface area contributed by atoms with Gasteiger partial charge in [0.15, 0.2) is 16.6 Å². The highest BCUT2D eigenvalue weighted by atomic mass is 28.4. The third kappa shape index (κ3) is 8.19. The first-order chi connectivity index (χ1) is 13.1. The van der Waals surface area contributed by atoms with Gasteiger partial charge in [-0.1, -0.05) is 56.9 Å². The van der Waals surface area contributed by atoms with E-state index in [1.807, 2.05) is 44.8 Å². The molecule has 29 heavy (non-hydrogen) atoms. The van der Waals surface area contributed by atoms with E-state index in [0.29, 0.717) is 6.42 Å². The van der Waals surface area contributed by atoms with Gasteiger partial charge in [0, 0.05) is 6.42 Å². The summed E-state index contributed by atoms with van der Waals surface area (Å²) in [6.07, 6.45) is 0.209. The SMILES string of the molecule is CCC(=O)O[Si](C)(C)C.C[Si](C)(C)O[C@H]1C(=O)N([Si](C)(C)C)[C@H]1c1ccccc1. The molecule has 1 saturated heterocycles. The number of benzene rings is 1. The number of carbonyl (C=O) groups is 2. The van der Waals surface area contributed by atoms with Crippen LogP contribution in [0.3, 0.4) is 0 Å². The maximum Gasteiger partial charge on any atom is 0.292 e. The Balaban J connectivity index is 0.000000396. The van der Waals surface area contributed by atoms with E-state index >= 15 is 0 Å². The van der Waals surface area contributed by atoms with Crippen molar-refractivity contribution in [1.82, 2.24) is 4.57 Å². The Morgan fingerprint density at radius 3 is 1.79 bits per heavy atom. The average molecular weight is 454 g/mol. The van der Waals surface area contributed by atoms with Gasteiger partial charge in [-0.25, -0.2) is 0 Å². The van der Waals surface area contributed by atoms with E-state index in [9.17, 15) is 9.59 Å². The van der Waals surface area contributed by atoms with Gasteiger partial charge < -0.3 is 13.4 Å². The minimum atomic E-state index is -1.73. The van der Waals surface area contributed by atoms with Crippen molar-refractivity contribution in [3.63, 3.8) is 0 Å². The molecule has 5 nitrogen and oxygen atoms in total. The fourth-order valence-corrected chi connectivity index (χ4v) is 6.82. The highest BCUT2D eigenvalue weighted by molar-refractivity contribution is 6.76. The Morgan fingerprint density at radius 2 is 1.45 bits per heavy atom. The average Bonchev–Trinajstić information content (AvgIpc) is 2.55. The summed E-state index contributed by atoms with van der Waals surface area (Å²) in [7, 11) is -5.00. The van der Waals surface area contributed by atoms with Gasteiger partial charge in [-0.05, 0) is 44.8 Å². The molecule has 2 rings (SSSR count). The zero-order chi connectivity index (χ0) is 22.6. The first kappa shape index (κ1) is 25.8. The second-order valence-electron chi connectivity index (χ2n) is 10.3. The lowest BCUT2D eigenvalue weighted by Gasteiger charge is -2.54. The molecule has 0 bridgehead atoms. The number of carbonyl (C=O) groups excluding carboxylic acids is 2. The molecular weight excluding hydrogens is 414 g/mol. The van der Waals surface area contributed by atoms with Crippen LogP contribution < -0.4 is 0 Å². The molecule has 0 spiro atoms. The minimum Gasteiger partial charge on any atom is -0.520 e. The van der Waals surface area contributed by atoms with Crippen LogP contribution in [-0.4, -0.2) is 47.4 Å². The highest BCUT2D eigenvalue weighted by Crippen LogP contribution is 2.41. The van der Waals surface area contributed by atoms with Gasteiger partial charge in [-0.15, -0.1) is 0 Å². The summed E-state index contributed by atoms with van der Waals surface area (Å²) in [6.45, 7) is 20.9. The van der Waals surface area contributed by atoms with Crippen LogP contribution in [0.1, 0.15) is 24.9 Å². The van der Waals surface area contributed by atoms with Gasteiger partial charge in [0.25, 0.3) is 5.97 Å². The number of hydrogen-bond acceptors (Lipinski definition) is 4. The molecule has 1 amide bonds. The van der Waals surface area contributed by atoms with Gasteiger partial charge in [0.1, 0.15) is 6.10 Å². The Bertz CT molecular complexity index is 691. The molecule has 0 unspecified atom stereocenters. The van der Waals surface area contributed by atoms with Crippen LogP contribution in [-0.2, 0) is 18.4 Å². The van der Waals surface area contributed by atoms with Crippen LogP contribution >= 0.6 is 0 Å². The maximum atomic E-state index is 12.5. The second-order valence-corrected chi connectivity index (χ2v) is 24.0. The molecule has 0 aliphatic carbocycles. The van der Waals surface area contributed by atoms with E-state index in [1.54, 1.807) is 0 Å². The van der Waals surface area contributed by atoms with Crippen molar-refractivity contribution in [2.75, 3.05) is 0 Å². The largest absolute Gasteiger partial charge is 0.520 e. The molecule has 1 aliphatic rings. The number of amides is 1. The molecular formula is C21H39NO4Si3. The summed E-state index contributed by atoms with van der Waals surface area (Å²) in [5.74, 6) is 0.106. The standard InChI is InChI=1S/C15H25NO2Si2.C6H14O2Si/c1-19(2,3)16-13(12-10-8-7-9-11-12)14(15(16)17)18-20(4,5)6;1-5-6(7)8-9(2,3)4/h7-11,13-14H,1-6H3;5H2,1-4H3/t13-,14+;/m0./s1. The van der Waals surface area contributed by atoms with Crippen LogP contribution in [0.5, 0.6) is 0 Å². The van der Waals surface area contributed by atoms with Gasteiger partial charge >= 0.3 is 0 Å². The van der Waals surface area contributed by atoms with E-state index in [-0.39, 0.29) is 24.0 Å². The second kappa shape index (κ2) is 9.72. The molecule has 1 aromatic rings. The zero-order valence-electron chi connectivity index (χ0n) is 19.8. The smallest absolute Gasteiger partial charge is 0.292 e. The molecule has 1 aromatic carbocycles. The zero-order valence-corrected chi connectivity index (χ0v) is 22.8. The lowest BCUT2D eigenvalue weighted by atomic mass is 9.94. The van der Waals surface area contributed by atoms with Crippen LogP contribution in [0, 0.1) is 0 Å². The van der Waals surface area contributed by atoms with Gasteiger partial charge in [-0.3, -0.25) is 9.59 Å². The van der Waals surface area contributed by atoms with Crippen molar-refractivity contribution < 1.29 is 18.4 Å². The molecule has 0 N–H and O–H groups in total. The van der Waals surface area contributed by atoms with Crippen molar-refractivity contribution in [2.45, 2.75) is 84.4 Å². The normalized spacial score (nSPS) is 19.8. The minimum absolute atomic E-state index is 0.0748. The Morgan fingerprint density at radius 1 is 0.931 bits per heavy atom. The molecule has 2 atom stereocenters. The maximum absolute atomic E-state index is 12.5. The summed E-state index contributed by atoms with van der Waals surface area (Å²) in [4.78, 5) is 23.2. The molecule has 0 radical (unpaired) electrons. The van der Waals surface area contributed by atoms with Gasteiger partial charge in [-0.2, -0.15) is 0 Å². The Hall–Kier alpha value is -1.23. The molecule has 0 aromatic heterocycles. The molecule has 1 fully saturated rings. The number of rotatable bonds is 6. The molecule has 1 heterocycles. The molecule has 164 valence electrons.